The molecule has 108 valence electrons. The summed E-state index contributed by atoms with van der Waals surface area (Å²) in [6.45, 7) is 8.71. The van der Waals surface area contributed by atoms with Crippen molar-refractivity contribution in [2.45, 2.75) is 33.7 Å². The Balaban J connectivity index is 2.24. The highest BCUT2D eigenvalue weighted by molar-refractivity contribution is 9.10. The van der Waals surface area contributed by atoms with Crippen LogP contribution in [0.15, 0.2) is 15.3 Å². The third kappa shape index (κ3) is 2.92. The maximum Gasteiger partial charge on any atom is 0.146 e. The van der Waals surface area contributed by atoms with Gasteiger partial charge in [-0.05, 0) is 43.6 Å². The van der Waals surface area contributed by atoms with Gasteiger partial charge in [0, 0.05) is 12.1 Å². The first-order chi connectivity index (χ1) is 9.54. The second-order valence-electron chi connectivity index (χ2n) is 4.52. The van der Waals surface area contributed by atoms with E-state index in [9.17, 15) is 0 Å². The highest BCUT2D eigenvalue weighted by atomic mass is 79.9. The minimum Gasteiger partial charge on any atom is -0.369 e. The van der Waals surface area contributed by atoms with Crippen molar-refractivity contribution in [3.05, 3.63) is 27.8 Å². The average Bonchev–Trinajstić information content (AvgIpc) is 2.74. The summed E-state index contributed by atoms with van der Waals surface area (Å²) >= 11 is 3.52. The van der Waals surface area contributed by atoms with Gasteiger partial charge < -0.3 is 15.2 Å². The van der Waals surface area contributed by atoms with Gasteiger partial charge in [-0.15, -0.1) is 0 Å². The first-order valence-electron chi connectivity index (χ1n) is 6.48. The van der Waals surface area contributed by atoms with Crippen molar-refractivity contribution in [3.63, 3.8) is 0 Å². The molecule has 0 aliphatic carbocycles. The van der Waals surface area contributed by atoms with Gasteiger partial charge in [-0.2, -0.15) is 0 Å². The van der Waals surface area contributed by atoms with Crippen molar-refractivity contribution >= 4 is 27.6 Å². The quantitative estimate of drug-likeness (QED) is 0.868. The highest BCUT2D eigenvalue weighted by Gasteiger charge is 2.18. The van der Waals surface area contributed by atoms with Crippen LogP contribution in [0.2, 0.25) is 0 Å². The fourth-order valence-corrected chi connectivity index (χ4v) is 2.61. The molecule has 0 aromatic carbocycles. The summed E-state index contributed by atoms with van der Waals surface area (Å²) in [4.78, 5) is 8.46. The van der Waals surface area contributed by atoms with Gasteiger partial charge in [0.2, 0.25) is 0 Å². The van der Waals surface area contributed by atoms with Crippen LogP contribution >= 0.6 is 15.9 Å². The van der Waals surface area contributed by atoms with Gasteiger partial charge in [0.25, 0.3) is 0 Å². The molecular formula is C13H18BrN5O. The lowest BCUT2D eigenvalue weighted by atomic mass is 10.1. The Labute approximate surface area is 126 Å². The monoisotopic (exact) mass is 339 g/mol. The number of aryl methyl sites for hydroxylation is 2. The minimum absolute atomic E-state index is 0.0435. The standard InChI is InChI=1S/C13H18BrN5O/c1-5-15-12-11(14)13(17-6-16-12)18-7(2)10-8(3)19-20-9(10)4/h6-7H,5H2,1-4H3,(H2,15,16,17,18). The Hall–Kier alpha value is -1.63. The maximum atomic E-state index is 5.20. The molecule has 6 nitrogen and oxygen atoms in total. The topological polar surface area (TPSA) is 75.9 Å². The summed E-state index contributed by atoms with van der Waals surface area (Å²) in [7, 11) is 0. The van der Waals surface area contributed by atoms with Gasteiger partial charge in [-0.1, -0.05) is 5.16 Å². The molecule has 0 radical (unpaired) electrons. The second kappa shape index (κ2) is 6.21. The molecule has 1 unspecified atom stereocenters. The summed E-state index contributed by atoms with van der Waals surface area (Å²) in [5, 5.41) is 10.5. The Morgan fingerprint density at radius 3 is 2.60 bits per heavy atom. The van der Waals surface area contributed by atoms with E-state index in [-0.39, 0.29) is 6.04 Å². The molecule has 2 rings (SSSR count). The number of aromatic nitrogens is 3. The first kappa shape index (κ1) is 14.8. The Morgan fingerprint density at radius 1 is 1.30 bits per heavy atom. The predicted molar refractivity (Wildman–Crippen MR) is 81.9 cm³/mol. The molecule has 20 heavy (non-hydrogen) atoms. The third-order valence-electron chi connectivity index (χ3n) is 3.01. The van der Waals surface area contributed by atoms with E-state index in [0.717, 1.165) is 39.7 Å². The molecule has 0 amide bonds. The summed E-state index contributed by atoms with van der Waals surface area (Å²) in [5.74, 6) is 2.33. The number of halogens is 1. The van der Waals surface area contributed by atoms with Crippen molar-refractivity contribution in [1.29, 1.82) is 0 Å². The van der Waals surface area contributed by atoms with Crippen LogP contribution in [0.4, 0.5) is 11.6 Å². The second-order valence-corrected chi connectivity index (χ2v) is 5.31. The van der Waals surface area contributed by atoms with E-state index >= 15 is 0 Å². The zero-order valence-corrected chi connectivity index (χ0v) is 13.6. The van der Waals surface area contributed by atoms with E-state index in [4.69, 9.17) is 4.52 Å². The molecule has 2 N–H and O–H groups in total. The van der Waals surface area contributed by atoms with Gasteiger partial charge in [-0.25, -0.2) is 9.97 Å². The van der Waals surface area contributed by atoms with Crippen molar-refractivity contribution in [3.8, 4) is 0 Å². The molecule has 0 aliphatic heterocycles. The van der Waals surface area contributed by atoms with E-state index in [2.05, 4.69) is 41.7 Å². The number of anilines is 2. The average molecular weight is 340 g/mol. The van der Waals surface area contributed by atoms with Crippen LogP contribution in [-0.4, -0.2) is 21.7 Å². The largest absolute Gasteiger partial charge is 0.369 e. The summed E-state index contributed by atoms with van der Waals surface area (Å²) in [6.07, 6.45) is 1.53. The van der Waals surface area contributed by atoms with E-state index in [1.165, 1.54) is 6.33 Å². The van der Waals surface area contributed by atoms with Crippen LogP contribution < -0.4 is 10.6 Å². The Kier molecular flexibility index (Phi) is 4.59. The van der Waals surface area contributed by atoms with Crippen molar-refractivity contribution in [1.82, 2.24) is 15.1 Å². The molecule has 0 fully saturated rings. The lowest BCUT2D eigenvalue weighted by molar-refractivity contribution is 0.392. The van der Waals surface area contributed by atoms with Crippen molar-refractivity contribution in [2.24, 2.45) is 0 Å². The SMILES string of the molecule is CCNc1ncnc(NC(C)c2c(C)noc2C)c1Br. The zero-order valence-electron chi connectivity index (χ0n) is 12.0. The van der Waals surface area contributed by atoms with Crippen molar-refractivity contribution < 1.29 is 4.52 Å². The molecule has 2 aromatic heterocycles. The molecule has 0 saturated carbocycles. The molecular weight excluding hydrogens is 322 g/mol. The van der Waals surface area contributed by atoms with Gasteiger partial charge in [-0.3, -0.25) is 0 Å². The molecule has 7 heteroatoms. The van der Waals surface area contributed by atoms with Crippen LogP contribution in [0, 0.1) is 13.8 Å². The van der Waals surface area contributed by atoms with Crippen LogP contribution in [0.1, 0.15) is 36.9 Å². The van der Waals surface area contributed by atoms with E-state index in [1.54, 1.807) is 0 Å². The molecule has 2 aromatic rings. The van der Waals surface area contributed by atoms with Gasteiger partial charge in [0.15, 0.2) is 0 Å². The predicted octanol–water partition coefficient (Wildman–Crippen LogP) is 3.45. The summed E-state index contributed by atoms with van der Waals surface area (Å²) in [6, 6.07) is 0.0435. The fourth-order valence-electron chi connectivity index (χ4n) is 2.15. The number of nitrogens with one attached hydrogen (secondary N) is 2. The van der Waals surface area contributed by atoms with Crippen LogP contribution in [0.5, 0.6) is 0 Å². The molecule has 0 saturated heterocycles. The summed E-state index contributed by atoms with van der Waals surface area (Å²) < 4.78 is 6.02. The highest BCUT2D eigenvalue weighted by Crippen LogP contribution is 2.30. The Morgan fingerprint density at radius 2 is 2.00 bits per heavy atom. The maximum absolute atomic E-state index is 5.20. The third-order valence-corrected chi connectivity index (χ3v) is 3.76. The Bertz CT molecular complexity index is 579. The van der Waals surface area contributed by atoms with Crippen LogP contribution in [0.25, 0.3) is 0 Å². The lowest BCUT2D eigenvalue weighted by Gasteiger charge is -2.16. The number of hydrogen-bond donors (Lipinski definition) is 2. The molecule has 1 atom stereocenters. The molecule has 0 aliphatic rings. The number of rotatable bonds is 5. The lowest BCUT2D eigenvalue weighted by Crippen LogP contribution is -2.11. The zero-order chi connectivity index (χ0) is 14.7. The summed E-state index contributed by atoms with van der Waals surface area (Å²) in [5.41, 5.74) is 1.94. The number of hydrogen-bond acceptors (Lipinski definition) is 6. The number of nitrogens with zero attached hydrogens (tertiary/aromatic N) is 3. The van der Waals surface area contributed by atoms with Gasteiger partial charge in [0.1, 0.15) is 28.2 Å². The molecule has 2 heterocycles. The van der Waals surface area contributed by atoms with E-state index in [1.807, 2.05) is 27.7 Å². The minimum atomic E-state index is 0.0435. The van der Waals surface area contributed by atoms with Crippen LogP contribution in [0.3, 0.4) is 0 Å². The molecule has 0 spiro atoms. The smallest absolute Gasteiger partial charge is 0.146 e. The van der Waals surface area contributed by atoms with E-state index in [0.29, 0.717) is 0 Å². The first-order valence-corrected chi connectivity index (χ1v) is 7.27. The van der Waals surface area contributed by atoms with Crippen LogP contribution in [-0.2, 0) is 0 Å². The van der Waals surface area contributed by atoms with E-state index < -0.39 is 0 Å². The fraction of sp³-hybridized carbons (Fsp3) is 0.462. The molecule has 0 bridgehead atoms. The normalized spacial score (nSPS) is 12.2. The van der Waals surface area contributed by atoms with Gasteiger partial charge >= 0.3 is 0 Å². The van der Waals surface area contributed by atoms with Gasteiger partial charge in [0.05, 0.1) is 11.7 Å². The van der Waals surface area contributed by atoms with Crippen molar-refractivity contribution in [2.75, 3.05) is 17.2 Å².